The number of halogens is 1. The molecule has 0 fully saturated rings. The third-order valence-corrected chi connectivity index (χ3v) is 3.75. The molecule has 2 amide bonds. The van der Waals surface area contributed by atoms with Crippen molar-refractivity contribution in [3.05, 3.63) is 39.7 Å². The maximum absolute atomic E-state index is 11.7. The lowest BCUT2D eigenvalue weighted by molar-refractivity contribution is 0.252. The van der Waals surface area contributed by atoms with Gasteiger partial charge in [0.25, 0.3) is 0 Å². The normalized spacial score (nSPS) is 10.2. The number of nitrogens with zero attached hydrogens (tertiary/aromatic N) is 2. The molecule has 0 saturated carbocycles. The summed E-state index contributed by atoms with van der Waals surface area (Å²) >= 11 is 7.27. The van der Waals surface area contributed by atoms with Gasteiger partial charge in [0, 0.05) is 19.0 Å². The molecule has 0 atom stereocenters. The molecule has 2 aromatic rings. The van der Waals surface area contributed by atoms with Gasteiger partial charge < -0.3 is 15.5 Å². The average molecular weight is 311 g/mol. The Morgan fingerprint density at radius 1 is 1.35 bits per heavy atom. The van der Waals surface area contributed by atoms with Gasteiger partial charge in [0.15, 0.2) is 0 Å². The van der Waals surface area contributed by atoms with Crippen LogP contribution in [-0.4, -0.2) is 25.1 Å². The van der Waals surface area contributed by atoms with Gasteiger partial charge in [0.05, 0.1) is 22.8 Å². The van der Waals surface area contributed by atoms with E-state index in [0.717, 1.165) is 10.7 Å². The highest BCUT2D eigenvalue weighted by atomic mass is 35.5. The smallest absolute Gasteiger partial charge is 0.319 e. The van der Waals surface area contributed by atoms with E-state index in [1.54, 1.807) is 6.20 Å². The van der Waals surface area contributed by atoms with E-state index in [1.165, 1.54) is 11.3 Å². The second-order valence-corrected chi connectivity index (χ2v) is 6.11. The zero-order valence-corrected chi connectivity index (χ0v) is 12.8. The summed E-state index contributed by atoms with van der Waals surface area (Å²) in [5.74, 6) is 0.837. The molecular formula is C13H15ClN4OS. The minimum atomic E-state index is -0.270. The molecule has 2 aromatic heterocycles. The molecule has 0 aliphatic rings. The van der Waals surface area contributed by atoms with Gasteiger partial charge in [-0.05, 0) is 24.3 Å². The van der Waals surface area contributed by atoms with Gasteiger partial charge in [0.2, 0.25) is 0 Å². The van der Waals surface area contributed by atoms with Crippen molar-refractivity contribution in [3.63, 3.8) is 0 Å². The molecule has 0 aromatic carbocycles. The van der Waals surface area contributed by atoms with Crippen LogP contribution in [0.15, 0.2) is 30.5 Å². The van der Waals surface area contributed by atoms with Crippen LogP contribution in [0.4, 0.5) is 16.3 Å². The number of hydrogen-bond acceptors (Lipinski definition) is 4. The fourth-order valence-corrected chi connectivity index (χ4v) is 2.54. The quantitative estimate of drug-likeness (QED) is 0.912. The lowest BCUT2D eigenvalue weighted by atomic mass is 10.4. The first-order valence-corrected chi connectivity index (χ1v) is 7.16. The van der Waals surface area contributed by atoms with Crippen LogP contribution < -0.4 is 15.5 Å². The summed E-state index contributed by atoms with van der Waals surface area (Å²) in [6.45, 7) is 0.451. The summed E-state index contributed by atoms with van der Waals surface area (Å²) in [6.07, 6.45) is 1.62. The van der Waals surface area contributed by atoms with Crippen molar-refractivity contribution in [3.8, 4) is 0 Å². The highest BCUT2D eigenvalue weighted by molar-refractivity contribution is 7.16. The van der Waals surface area contributed by atoms with E-state index >= 15 is 0 Å². The van der Waals surface area contributed by atoms with Crippen molar-refractivity contribution in [2.75, 3.05) is 24.3 Å². The minimum Gasteiger partial charge on any atom is -0.363 e. The van der Waals surface area contributed by atoms with Crippen molar-refractivity contribution >= 4 is 40.5 Å². The summed E-state index contributed by atoms with van der Waals surface area (Å²) in [4.78, 5) is 18.8. The summed E-state index contributed by atoms with van der Waals surface area (Å²) in [6, 6.07) is 7.08. The van der Waals surface area contributed by atoms with Crippen LogP contribution >= 0.6 is 22.9 Å². The Morgan fingerprint density at radius 3 is 2.70 bits per heavy atom. The van der Waals surface area contributed by atoms with Crippen LogP contribution in [0.3, 0.4) is 0 Å². The second kappa shape index (κ2) is 6.58. The van der Waals surface area contributed by atoms with E-state index in [-0.39, 0.29) is 6.03 Å². The summed E-state index contributed by atoms with van der Waals surface area (Å²) in [5.41, 5.74) is 0.650. The maximum Gasteiger partial charge on any atom is 0.319 e. The highest BCUT2D eigenvalue weighted by Gasteiger charge is 2.04. The molecule has 5 nitrogen and oxygen atoms in total. The molecule has 20 heavy (non-hydrogen) atoms. The Bertz CT molecular complexity index is 582. The Kier molecular flexibility index (Phi) is 4.81. The maximum atomic E-state index is 11.7. The van der Waals surface area contributed by atoms with Crippen LogP contribution in [0.5, 0.6) is 0 Å². The van der Waals surface area contributed by atoms with Crippen LogP contribution in [0, 0.1) is 0 Å². The standard InChI is InChI=1S/C13H15ClN4OS/c1-18(2)12-6-3-9(7-15-12)17-13(19)16-8-10-4-5-11(14)20-10/h3-7H,8H2,1-2H3,(H2,16,17,19). The van der Waals surface area contributed by atoms with Gasteiger partial charge in [-0.1, -0.05) is 11.6 Å². The number of amides is 2. The topological polar surface area (TPSA) is 57.3 Å². The van der Waals surface area contributed by atoms with E-state index in [1.807, 2.05) is 43.3 Å². The van der Waals surface area contributed by atoms with Crippen molar-refractivity contribution in [2.24, 2.45) is 0 Å². The lowest BCUT2D eigenvalue weighted by Crippen LogP contribution is -2.27. The first-order valence-electron chi connectivity index (χ1n) is 5.97. The Labute approximate surface area is 126 Å². The summed E-state index contributed by atoms with van der Waals surface area (Å²) in [5, 5.41) is 5.49. The molecule has 2 rings (SSSR count). The van der Waals surface area contributed by atoms with Gasteiger partial charge in [-0.2, -0.15) is 0 Å². The predicted octanol–water partition coefficient (Wildman–Crippen LogP) is 3.18. The van der Waals surface area contributed by atoms with E-state index in [0.29, 0.717) is 16.6 Å². The molecule has 0 unspecified atom stereocenters. The molecule has 0 spiro atoms. The molecule has 0 bridgehead atoms. The van der Waals surface area contributed by atoms with Crippen LogP contribution in [-0.2, 0) is 6.54 Å². The molecule has 7 heteroatoms. The number of carbonyl (C=O) groups is 1. The largest absolute Gasteiger partial charge is 0.363 e. The van der Waals surface area contributed by atoms with Gasteiger partial charge >= 0.3 is 6.03 Å². The molecule has 106 valence electrons. The summed E-state index contributed by atoms with van der Waals surface area (Å²) < 4.78 is 0.714. The first kappa shape index (κ1) is 14.6. The van der Waals surface area contributed by atoms with Crippen LogP contribution in [0.25, 0.3) is 0 Å². The van der Waals surface area contributed by atoms with E-state index in [9.17, 15) is 4.79 Å². The Morgan fingerprint density at radius 2 is 2.15 bits per heavy atom. The fraction of sp³-hybridized carbons (Fsp3) is 0.231. The third kappa shape index (κ3) is 4.11. The number of nitrogens with one attached hydrogen (secondary N) is 2. The molecule has 2 heterocycles. The van der Waals surface area contributed by atoms with Crippen molar-refractivity contribution < 1.29 is 4.79 Å². The number of rotatable bonds is 4. The summed E-state index contributed by atoms with van der Waals surface area (Å²) in [7, 11) is 3.82. The molecule has 0 radical (unpaired) electrons. The average Bonchev–Trinajstić information content (AvgIpc) is 2.83. The van der Waals surface area contributed by atoms with E-state index in [4.69, 9.17) is 11.6 Å². The Balaban J connectivity index is 1.84. The van der Waals surface area contributed by atoms with E-state index in [2.05, 4.69) is 15.6 Å². The molecule has 2 N–H and O–H groups in total. The number of urea groups is 1. The van der Waals surface area contributed by atoms with Gasteiger partial charge in [-0.25, -0.2) is 9.78 Å². The highest BCUT2D eigenvalue weighted by Crippen LogP contribution is 2.21. The van der Waals surface area contributed by atoms with E-state index < -0.39 is 0 Å². The first-order chi connectivity index (χ1) is 9.54. The van der Waals surface area contributed by atoms with Gasteiger partial charge in [0.1, 0.15) is 5.82 Å². The number of hydrogen-bond donors (Lipinski definition) is 2. The molecule has 0 aliphatic carbocycles. The molecular weight excluding hydrogens is 296 g/mol. The van der Waals surface area contributed by atoms with Gasteiger partial charge in [-0.15, -0.1) is 11.3 Å². The lowest BCUT2D eigenvalue weighted by Gasteiger charge is -2.11. The second-order valence-electron chi connectivity index (χ2n) is 4.31. The zero-order valence-electron chi connectivity index (χ0n) is 11.2. The Hall–Kier alpha value is -1.79. The number of pyridine rings is 1. The predicted molar refractivity (Wildman–Crippen MR) is 83.8 cm³/mol. The van der Waals surface area contributed by atoms with Crippen molar-refractivity contribution in [1.29, 1.82) is 0 Å². The van der Waals surface area contributed by atoms with Gasteiger partial charge in [-0.3, -0.25) is 0 Å². The number of aromatic nitrogens is 1. The molecule has 0 saturated heterocycles. The number of carbonyl (C=O) groups excluding carboxylic acids is 1. The number of anilines is 2. The zero-order chi connectivity index (χ0) is 14.5. The van der Waals surface area contributed by atoms with Crippen molar-refractivity contribution in [1.82, 2.24) is 10.3 Å². The number of thiophene rings is 1. The van der Waals surface area contributed by atoms with Crippen LogP contribution in [0.2, 0.25) is 4.34 Å². The van der Waals surface area contributed by atoms with Crippen molar-refractivity contribution in [2.45, 2.75) is 6.54 Å². The van der Waals surface area contributed by atoms with Crippen LogP contribution in [0.1, 0.15) is 4.88 Å². The monoisotopic (exact) mass is 310 g/mol. The molecule has 0 aliphatic heterocycles. The minimum absolute atomic E-state index is 0.270. The third-order valence-electron chi connectivity index (χ3n) is 2.52. The fourth-order valence-electron chi connectivity index (χ4n) is 1.51. The SMILES string of the molecule is CN(C)c1ccc(NC(=O)NCc2ccc(Cl)s2)cn1.